The van der Waals surface area contributed by atoms with Gasteiger partial charge in [-0.05, 0) is 20.8 Å². The fraction of sp³-hybridized carbons (Fsp3) is 0.688. The van der Waals surface area contributed by atoms with Gasteiger partial charge in [-0.25, -0.2) is 0 Å². The second-order valence-electron chi connectivity index (χ2n) is 5.94. The van der Waals surface area contributed by atoms with Crippen molar-refractivity contribution in [2.45, 2.75) is 33.4 Å². The Labute approximate surface area is 128 Å². The van der Waals surface area contributed by atoms with E-state index in [4.69, 9.17) is 10.5 Å². The molecule has 0 spiro atoms. The van der Waals surface area contributed by atoms with Crippen molar-refractivity contribution < 1.29 is 4.74 Å². The highest BCUT2D eigenvalue weighted by Crippen LogP contribution is 2.25. The fourth-order valence-electron chi connectivity index (χ4n) is 2.95. The molecule has 5 nitrogen and oxygen atoms in total. The maximum Gasteiger partial charge on any atom is 0.128 e. The van der Waals surface area contributed by atoms with E-state index in [1.165, 1.54) is 0 Å². The van der Waals surface area contributed by atoms with E-state index in [1.54, 1.807) is 7.11 Å². The third-order valence-electron chi connectivity index (χ3n) is 4.49. The molecule has 0 radical (unpaired) electrons. The quantitative estimate of drug-likeness (QED) is 0.883. The number of aryl methyl sites for hydroxylation is 1. The number of piperazine rings is 1. The number of hydrogen-bond donors (Lipinski definition) is 1. The summed E-state index contributed by atoms with van der Waals surface area (Å²) in [5, 5.41) is 0. The molecule has 0 saturated carbocycles. The Hall–Kier alpha value is -1.17. The number of methoxy groups -OCH3 is 1. The van der Waals surface area contributed by atoms with Gasteiger partial charge < -0.3 is 10.5 Å². The number of aromatic nitrogens is 1. The molecule has 0 aromatic carbocycles. The van der Waals surface area contributed by atoms with Crippen LogP contribution in [0.25, 0.3) is 0 Å². The lowest BCUT2D eigenvalue weighted by Crippen LogP contribution is -2.51. The zero-order chi connectivity index (χ0) is 15.4. The van der Waals surface area contributed by atoms with E-state index in [0.717, 1.165) is 61.8 Å². The average molecular weight is 292 g/mol. The van der Waals surface area contributed by atoms with E-state index in [-0.39, 0.29) is 0 Å². The van der Waals surface area contributed by atoms with Gasteiger partial charge in [0.2, 0.25) is 0 Å². The average Bonchev–Trinajstić information content (AvgIpc) is 2.50. The molecule has 1 aliphatic heterocycles. The Kier molecular flexibility index (Phi) is 5.56. The molecule has 1 saturated heterocycles. The summed E-state index contributed by atoms with van der Waals surface area (Å²) in [6, 6.07) is 0.478. The molecule has 1 aromatic heterocycles. The predicted molar refractivity (Wildman–Crippen MR) is 85.6 cm³/mol. The Balaban J connectivity index is 1.98. The first-order chi connectivity index (χ1) is 10.1. The lowest BCUT2D eigenvalue weighted by atomic mass is 10.1. The molecular weight excluding hydrogens is 264 g/mol. The third kappa shape index (κ3) is 3.73. The molecule has 2 N–H and O–H groups in total. The first kappa shape index (κ1) is 16.2. The SMILES string of the molecule is COc1c(C)cnc(CN2CCN(C(C)CN)CC2)c1C. The number of ether oxygens (including phenoxy) is 1. The second-order valence-corrected chi connectivity index (χ2v) is 5.94. The Bertz CT molecular complexity index is 470. The summed E-state index contributed by atoms with van der Waals surface area (Å²) in [6.07, 6.45) is 1.91. The first-order valence-corrected chi connectivity index (χ1v) is 7.72. The lowest BCUT2D eigenvalue weighted by molar-refractivity contribution is 0.0995. The number of pyridine rings is 1. The van der Waals surface area contributed by atoms with Gasteiger partial charge in [0.05, 0.1) is 12.8 Å². The summed E-state index contributed by atoms with van der Waals surface area (Å²) in [6.45, 7) is 12.3. The van der Waals surface area contributed by atoms with Crippen molar-refractivity contribution in [1.82, 2.24) is 14.8 Å². The minimum Gasteiger partial charge on any atom is -0.496 e. The Morgan fingerprint density at radius 1 is 1.29 bits per heavy atom. The van der Waals surface area contributed by atoms with Gasteiger partial charge in [-0.15, -0.1) is 0 Å². The van der Waals surface area contributed by atoms with Crippen LogP contribution in [0.3, 0.4) is 0 Å². The lowest BCUT2D eigenvalue weighted by Gasteiger charge is -2.37. The number of nitrogens with two attached hydrogens (primary N) is 1. The molecule has 1 atom stereocenters. The van der Waals surface area contributed by atoms with Crippen molar-refractivity contribution in [2.24, 2.45) is 5.73 Å². The van der Waals surface area contributed by atoms with Crippen LogP contribution in [0.2, 0.25) is 0 Å². The van der Waals surface area contributed by atoms with Crippen molar-refractivity contribution in [3.05, 3.63) is 23.0 Å². The van der Waals surface area contributed by atoms with Crippen LogP contribution in [0.15, 0.2) is 6.20 Å². The van der Waals surface area contributed by atoms with Crippen LogP contribution in [-0.4, -0.2) is 60.7 Å². The van der Waals surface area contributed by atoms with Crippen LogP contribution in [0.1, 0.15) is 23.7 Å². The molecule has 0 bridgehead atoms. The smallest absolute Gasteiger partial charge is 0.128 e. The molecular formula is C16H28N4O. The monoisotopic (exact) mass is 292 g/mol. The maximum absolute atomic E-state index is 5.75. The van der Waals surface area contributed by atoms with E-state index < -0.39 is 0 Å². The minimum absolute atomic E-state index is 0.478. The van der Waals surface area contributed by atoms with Gasteiger partial charge in [0, 0.05) is 62.6 Å². The van der Waals surface area contributed by atoms with Gasteiger partial charge in [-0.3, -0.25) is 14.8 Å². The van der Waals surface area contributed by atoms with Crippen molar-refractivity contribution in [1.29, 1.82) is 0 Å². The first-order valence-electron chi connectivity index (χ1n) is 7.72. The van der Waals surface area contributed by atoms with Crippen molar-refractivity contribution in [3.63, 3.8) is 0 Å². The largest absolute Gasteiger partial charge is 0.496 e. The molecule has 1 aromatic rings. The Morgan fingerprint density at radius 3 is 2.52 bits per heavy atom. The molecule has 1 unspecified atom stereocenters. The van der Waals surface area contributed by atoms with Crippen LogP contribution in [0.4, 0.5) is 0 Å². The molecule has 21 heavy (non-hydrogen) atoms. The molecule has 1 aliphatic rings. The van der Waals surface area contributed by atoms with E-state index >= 15 is 0 Å². The zero-order valence-corrected chi connectivity index (χ0v) is 13.7. The summed E-state index contributed by atoms with van der Waals surface area (Å²) in [5.41, 5.74) is 9.13. The standard InChI is InChI=1S/C16H28N4O/c1-12-10-18-15(14(3)16(12)21-4)11-19-5-7-20(8-6-19)13(2)9-17/h10,13H,5-9,11,17H2,1-4H3. The summed E-state index contributed by atoms with van der Waals surface area (Å²) in [7, 11) is 1.73. The molecule has 2 heterocycles. The Morgan fingerprint density at radius 2 is 1.95 bits per heavy atom. The van der Waals surface area contributed by atoms with Crippen LogP contribution in [0, 0.1) is 13.8 Å². The zero-order valence-electron chi connectivity index (χ0n) is 13.7. The molecule has 5 heteroatoms. The highest BCUT2D eigenvalue weighted by Gasteiger charge is 2.21. The van der Waals surface area contributed by atoms with Gasteiger partial charge >= 0.3 is 0 Å². The van der Waals surface area contributed by atoms with Gasteiger partial charge in [0.15, 0.2) is 0 Å². The summed E-state index contributed by atoms with van der Waals surface area (Å²) in [5.74, 6) is 0.968. The third-order valence-corrected chi connectivity index (χ3v) is 4.49. The molecule has 0 amide bonds. The van der Waals surface area contributed by atoms with E-state index in [9.17, 15) is 0 Å². The minimum atomic E-state index is 0.478. The van der Waals surface area contributed by atoms with Crippen LogP contribution < -0.4 is 10.5 Å². The van der Waals surface area contributed by atoms with Crippen LogP contribution in [0.5, 0.6) is 5.75 Å². The maximum atomic E-state index is 5.75. The fourth-order valence-corrected chi connectivity index (χ4v) is 2.95. The normalized spacial score (nSPS) is 18.7. The number of nitrogens with zero attached hydrogens (tertiary/aromatic N) is 3. The molecule has 0 aliphatic carbocycles. The topological polar surface area (TPSA) is 54.6 Å². The van der Waals surface area contributed by atoms with E-state index in [1.807, 2.05) is 13.1 Å². The highest BCUT2D eigenvalue weighted by molar-refractivity contribution is 5.41. The van der Waals surface area contributed by atoms with Crippen molar-refractivity contribution >= 4 is 0 Å². The molecule has 118 valence electrons. The molecule has 1 fully saturated rings. The summed E-state index contributed by atoms with van der Waals surface area (Å²) >= 11 is 0. The highest BCUT2D eigenvalue weighted by atomic mass is 16.5. The van der Waals surface area contributed by atoms with Gasteiger partial charge in [-0.1, -0.05) is 0 Å². The van der Waals surface area contributed by atoms with Gasteiger partial charge in [0.1, 0.15) is 5.75 Å². The van der Waals surface area contributed by atoms with Gasteiger partial charge in [-0.2, -0.15) is 0 Å². The van der Waals surface area contributed by atoms with Gasteiger partial charge in [0.25, 0.3) is 0 Å². The van der Waals surface area contributed by atoms with Crippen LogP contribution >= 0.6 is 0 Å². The number of rotatable bonds is 5. The van der Waals surface area contributed by atoms with Crippen molar-refractivity contribution in [3.8, 4) is 5.75 Å². The summed E-state index contributed by atoms with van der Waals surface area (Å²) in [4.78, 5) is 9.52. The molecule has 2 rings (SSSR count). The number of hydrogen-bond acceptors (Lipinski definition) is 5. The predicted octanol–water partition coefficient (Wildman–Crippen LogP) is 1.17. The second kappa shape index (κ2) is 7.20. The summed E-state index contributed by atoms with van der Waals surface area (Å²) < 4.78 is 5.49. The van der Waals surface area contributed by atoms with Crippen molar-refractivity contribution in [2.75, 3.05) is 39.8 Å². The van der Waals surface area contributed by atoms with Crippen LogP contribution in [-0.2, 0) is 6.54 Å². The van der Waals surface area contributed by atoms with E-state index in [2.05, 4.69) is 28.6 Å². The van der Waals surface area contributed by atoms with E-state index in [0.29, 0.717) is 6.04 Å².